The zero-order valence-corrected chi connectivity index (χ0v) is 9.99. The van der Waals surface area contributed by atoms with Gasteiger partial charge in [-0.3, -0.25) is 10.2 Å². The summed E-state index contributed by atoms with van der Waals surface area (Å²) in [6.45, 7) is 3.07. The Labute approximate surface area is 100 Å². The van der Waals surface area contributed by atoms with Crippen molar-refractivity contribution in [1.29, 1.82) is 0 Å². The Morgan fingerprint density at radius 2 is 2.41 bits per heavy atom. The lowest BCUT2D eigenvalue weighted by atomic mass is 10.2. The Morgan fingerprint density at radius 1 is 1.65 bits per heavy atom. The minimum absolute atomic E-state index is 0.228. The molecule has 17 heavy (non-hydrogen) atoms. The van der Waals surface area contributed by atoms with Crippen molar-refractivity contribution >= 4 is 5.91 Å². The fourth-order valence-corrected chi connectivity index (χ4v) is 1.68. The summed E-state index contributed by atoms with van der Waals surface area (Å²) in [6, 6.07) is 1.68. The number of nitrogen functional groups attached to an aromatic ring is 1. The first-order valence-corrected chi connectivity index (χ1v) is 5.88. The molecule has 1 aliphatic rings. The SMILES string of the molecule is Cc1oc(C(=O)NN)cc1COCCC1CC1. The topological polar surface area (TPSA) is 77.5 Å². The first-order chi connectivity index (χ1) is 8.20. The third kappa shape index (κ3) is 3.31. The van der Waals surface area contributed by atoms with Crippen molar-refractivity contribution < 1.29 is 13.9 Å². The summed E-state index contributed by atoms with van der Waals surface area (Å²) in [5.74, 6) is 6.42. The Balaban J connectivity index is 1.82. The van der Waals surface area contributed by atoms with Crippen molar-refractivity contribution in [3.8, 4) is 0 Å². The van der Waals surface area contributed by atoms with Crippen LogP contribution in [0.25, 0.3) is 0 Å². The van der Waals surface area contributed by atoms with E-state index in [-0.39, 0.29) is 5.76 Å². The van der Waals surface area contributed by atoms with Gasteiger partial charge in [0.2, 0.25) is 0 Å². The summed E-state index contributed by atoms with van der Waals surface area (Å²) < 4.78 is 10.8. The molecule has 0 unspecified atom stereocenters. The summed E-state index contributed by atoms with van der Waals surface area (Å²) >= 11 is 0. The van der Waals surface area contributed by atoms with Gasteiger partial charge in [-0.05, 0) is 25.3 Å². The predicted octanol–water partition coefficient (Wildman–Crippen LogP) is 1.51. The van der Waals surface area contributed by atoms with Crippen molar-refractivity contribution in [3.05, 3.63) is 23.2 Å². The molecule has 0 atom stereocenters. The van der Waals surface area contributed by atoms with E-state index in [2.05, 4.69) is 0 Å². The van der Waals surface area contributed by atoms with E-state index in [1.54, 1.807) is 6.07 Å². The maximum absolute atomic E-state index is 11.2. The number of hydrazine groups is 1. The number of nitrogens with one attached hydrogen (secondary N) is 1. The van der Waals surface area contributed by atoms with Gasteiger partial charge in [0.15, 0.2) is 5.76 Å². The van der Waals surface area contributed by atoms with Crippen molar-refractivity contribution in [2.45, 2.75) is 32.8 Å². The van der Waals surface area contributed by atoms with Crippen molar-refractivity contribution in [1.82, 2.24) is 5.43 Å². The lowest BCUT2D eigenvalue weighted by Gasteiger charge is -2.01. The molecule has 0 saturated heterocycles. The van der Waals surface area contributed by atoms with Crippen LogP contribution >= 0.6 is 0 Å². The van der Waals surface area contributed by atoms with Gasteiger partial charge in [0, 0.05) is 12.2 Å². The van der Waals surface area contributed by atoms with Gasteiger partial charge < -0.3 is 9.15 Å². The van der Waals surface area contributed by atoms with Crippen LogP contribution in [0.2, 0.25) is 0 Å². The minimum Gasteiger partial charge on any atom is -0.456 e. The molecule has 5 nitrogen and oxygen atoms in total. The summed E-state index contributed by atoms with van der Waals surface area (Å²) in [7, 11) is 0. The number of carbonyl (C=O) groups excluding carboxylic acids is 1. The fourth-order valence-electron chi connectivity index (χ4n) is 1.68. The average Bonchev–Trinajstić information content (AvgIpc) is 3.08. The molecule has 1 aromatic rings. The van der Waals surface area contributed by atoms with E-state index in [0.717, 1.165) is 24.5 Å². The van der Waals surface area contributed by atoms with Crippen LogP contribution in [0, 0.1) is 12.8 Å². The minimum atomic E-state index is -0.419. The number of nitrogens with two attached hydrogens (primary N) is 1. The van der Waals surface area contributed by atoms with Crippen LogP contribution < -0.4 is 11.3 Å². The van der Waals surface area contributed by atoms with Crippen molar-refractivity contribution in [2.75, 3.05) is 6.61 Å². The van der Waals surface area contributed by atoms with Gasteiger partial charge in [0.1, 0.15) is 5.76 Å². The molecule has 0 spiro atoms. The number of rotatable bonds is 6. The van der Waals surface area contributed by atoms with Crippen LogP contribution in [0.5, 0.6) is 0 Å². The van der Waals surface area contributed by atoms with Crippen molar-refractivity contribution in [2.24, 2.45) is 11.8 Å². The molecule has 5 heteroatoms. The van der Waals surface area contributed by atoms with E-state index in [0.29, 0.717) is 12.4 Å². The molecule has 1 saturated carbocycles. The monoisotopic (exact) mass is 238 g/mol. The second-order valence-corrected chi connectivity index (χ2v) is 4.45. The number of hydrogen-bond acceptors (Lipinski definition) is 4. The van der Waals surface area contributed by atoms with Crippen LogP contribution in [0.3, 0.4) is 0 Å². The van der Waals surface area contributed by atoms with Crippen LogP contribution in [0.4, 0.5) is 0 Å². The molecule has 2 rings (SSSR count). The lowest BCUT2D eigenvalue weighted by Crippen LogP contribution is -2.29. The quantitative estimate of drug-likeness (QED) is 0.341. The molecule has 94 valence electrons. The normalized spacial score (nSPS) is 14.9. The molecule has 0 aromatic carbocycles. The molecular formula is C12H18N2O3. The number of ether oxygens (including phenoxy) is 1. The summed E-state index contributed by atoms with van der Waals surface area (Å²) in [4.78, 5) is 11.2. The van der Waals surface area contributed by atoms with Crippen molar-refractivity contribution in [3.63, 3.8) is 0 Å². The molecule has 1 heterocycles. The second-order valence-electron chi connectivity index (χ2n) is 4.45. The van der Waals surface area contributed by atoms with Gasteiger partial charge in [-0.1, -0.05) is 12.8 Å². The molecule has 0 aliphatic heterocycles. The van der Waals surface area contributed by atoms with Gasteiger partial charge in [-0.15, -0.1) is 0 Å². The van der Waals surface area contributed by atoms with E-state index >= 15 is 0 Å². The van der Waals surface area contributed by atoms with Gasteiger partial charge in [0.25, 0.3) is 0 Å². The molecule has 3 N–H and O–H groups in total. The number of aryl methyl sites for hydroxylation is 1. The first kappa shape index (κ1) is 12.1. The fraction of sp³-hybridized carbons (Fsp3) is 0.583. The molecular weight excluding hydrogens is 220 g/mol. The average molecular weight is 238 g/mol. The highest BCUT2D eigenvalue weighted by Crippen LogP contribution is 2.32. The summed E-state index contributed by atoms with van der Waals surface area (Å²) in [6.07, 6.45) is 3.82. The predicted molar refractivity (Wildman–Crippen MR) is 62.1 cm³/mol. The van der Waals surface area contributed by atoms with E-state index in [4.69, 9.17) is 15.0 Å². The molecule has 0 radical (unpaired) electrons. The molecule has 1 aromatic heterocycles. The highest BCUT2D eigenvalue weighted by molar-refractivity contribution is 5.91. The van der Waals surface area contributed by atoms with Crippen LogP contribution in [-0.2, 0) is 11.3 Å². The Morgan fingerprint density at radius 3 is 3.06 bits per heavy atom. The standard InChI is InChI=1S/C12H18N2O3/c1-8-10(6-11(17-8)12(15)14-13)7-16-5-4-9-2-3-9/h6,9H,2-5,7,13H2,1H3,(H,14,15). The zero-order valence-electron chi connectivity index (χ0n) is 9.99. The lowest BCUT2D eigenvalue weighted by molar-refractivity contribution is 0.0924. The largest absolute Gasteiger partial charge is 0.456 e. The van der Waals surface area contributed by atoms with Gasteiger partial charge in [-0.25, -0.2) is 5.84 Å². The number of furan rings is 1. The van der Waals surface area contributed by atoms with E-state index < -0.39 is 5.91 Å². The van der Waals surface area contributed by atoms with E-state index in [1.165, 1.54) is 12.8 Å². The summed E-state index contributed by atoms with van der Waals surface area (Å²) in [5, 5.41) is 0. The first-order valence-electron chi connectivity index (χ1n) is 5.88. The maximum atomic E-state index is 11.2. The number of amides is 1. The van der Waals surface area contributed by atoms with Crippen LogP contribution in [0.1, 0.15) is 41.1 Å². The number of carbonyl (C=O) groups is 1. The molecule has 1 aliphatic carbocycles. The second kappa shape index (κ2) is 5.33. The van der Waals surface area contributed by atoms with Gasteiger partial charge in [-0.2, -0.15) is 0 Å². The van der Waals surface area contributed by atoms with Crippen LogP contribution in [0.15, 0.2) is 10.5 Å². The highest BCUT2D eigenvalue weighted by Gasteiger charge is 2.20. The van der Waals surface area contributed by atoms with Crippen LogP contribution in [-0.4, -0.2) is 12.5 Å². The molecule has 1 amide bonds. The molecule has 1 fully saturated rings. The van der Waals surface area contributed by atoms with Gasteiger partial charge >= 0.3 is 5.91 Å². The van der Waals surface area contributed by atoms with E-state index in [9.17, 15) is 4.79 Å². The zero-order chi connectivity index (χ0) is 12.3. The summed E-state index contributed by atoms with van der Waals surface area (Å²) in [5.41, 5.74) is 2.94. The van der Waals surface area contributed by atoms with Gasteiger partial charge in [0.05, 0.1) is 6.61 Å². The third-order valence-corrected chi connectivity index (χ3v) is 3.00. The Kier molecular flexibility index (Phi) is 3.81. The Hall–Kier alpha value is -1.33. The van der Waals surface area contributed by atoms with E-state index in [1.807, 2.05) is 12.3 Å². The smallest absolute Gasteiger partial charge is 0.300 e. The highest BCUT2D eigenvalue weighted by atomic mass is 16.5. The molecule has 0 bridgehead atoms. The third-order valence-electron chi connectivity index (χ3n) is 3.00. The Bertz CT molecular complexity index is 396. The maximum Gasteiger partial charge on any atom is 0.300 e. The number of hydrogen-bond donors (Lipinski definition) is 2.